The molecule has 0 spiro atoms. The summed E-state index contributed by atoms with van der Waals surface area (Å²) in [5, 5.41) is 3.36. The monoisotopic (exact) mass is 235 g/mol. The van der Waals surface area contributed by atoms with Crippen molar-refractivity contribution in [3.8, 4) is 11.1 Å². The molecule has 1 heterocycles. The van der Waals surface area contributed by atoms with Gasteiger partial charge in [0.2, 0.25) is 0 Å². The molecule has 0 saturated carbocycles. The zero-order valence-electron chi connectivity index (χ0n) is 9.94. The van der Waals surface area contributed by atoms with Crippen molar-refractivity contribution in [2.75, 3.05) is 6.54 Å². The first-order chi connectivity index (χ1) is 8.86. The average Bonchev–Trinajstić information content (AvgIpc) is 2.44. The van der Waals surface area contributed by atoms with Gasteiger partial charge in [-0.3, -0.25) is 4.79 Å². The van der Waals surface area contributed by atoms with Crippen molar-refractivity contribution in [2.24, 2.45) is 0 Å². The van der Waals surface area contributed by atoms with E-state index < -0.39 is 0 Å². The fourth-order valence-corrected chi connectivity index (χ4v) is 3.17. The molecule has 2 nitrogen and oxygen atoms in total. The molecule has 1 aliphatic carbocycles. The molecule has 1 unspecified atom stereocenters. The van der Waals surface area contributed by atoms with Gasteiger partial charge >= 0.3 is 0 Å². The Morgan fingerprint density at radius 1 is 0.944 bits per heavy atom. The Balaban J connectivity index is 2.10. The summed E-state index contributed by atoms with van der Waals surface area (Å²) in [5.74, 6) is 0.213. The molecule has 1 N–H and O–H groups in total. The average molecular weight is 235 g/mol. The summed E-state index contributed by atoms with van der Waals surface area (Å²) < 4.78 is 0. The number of ketones is 1. The predicted octanol–water partition coefficient (Wildman–Crippen LogP) is 2.74. The molecule has 18 heavy (non-hydrogen) atoms. The van der Waals surface area contributed by atoms with Crippen molar-refractivity contribution in [1.82, 2.24) is 5.32 Å². The van der Waals surface area contributed by atoms with Crippen molar-refractivity contribution in [3.05, 3.63) is 59.2 Å². The largest absolute Gasteiger partial charge is 0.303 e. The number of hydrogen-bond acceptors (Lipinski definition) is 2. The van der Waals surface area contributed by atoms with Crippen LogP contribution >= 0.6 is 0 Å². The molecule has 0 aromatic heterocycles. The summed E-state index contributed by atoms with van der Waals surface area (Å²) in [6.07, 6.45) is 1.01. The smallest absolute Gasteiger partial charge is 0.184 e. The van der Waals surface area contributed by atoms with Crippen LogP contribution in [-0.2, 0) is 6.42 Å². The van der Waals surface area contributed by atoms with Gasteiger partial charge in [0.25, 0.3) is 0 Å². The Morgan fingerprint density at radius 2 is 1.72 bits per heavy atom. The quantitative estimate of drug-likeness (QED) is 0.760. The summed E-state index contributed by atoms with van der Waals surface area (Å²) in [6.45, 7) is 0.884. The van der Waals surface area contributed by atoms with E-state index in [1.54, 1.807) is 0 Å². The molecular formula is C16H13NO. The third-order valence-electron chi connectivity index (χ3n) is 3.97. The lowest BCUT2D eigenvalue weighted by molar-refractivity contribution is 0.0938. The van der Waals surface area contributed by atoms with Gasteiger partial charge in [-0.1, -0.05) is 42.5 Å². The van der Waals surface area contributed by atoms with Crippen LogP contribution in [-0.4, -0.2) is 12.3 Å². The lowest BCUT2D eigenvalue weighted by Gasteiger charge is -2.32. The molecule has 1 atom stereocenters. The Hall–Kier alpha value is -1.93. The van der Waals surface area contributed by atoms with Crippen molar-refractivity contribution in [2.45, 2.75) is 12.5 Å². The molecule has 2 aromatic rings. The number of benzene rings is 2. The van der Waals surface area contributed by atoms with E-state index in [0.29, 0.717) is 0 Å². The SMILES string of the molecule is O=C1c2ccccc2-c2cccc3c2C1NCC3. The van der Waals surface area contributed by atoms with Crippen LogP contribution in [0.1, 0.15) is 27.5 Å². The van der Waals surface area contributed by atoms with E-state index in [1.807, 2.05) is 24.3 Å². The van der Waals surface area contributed by atoms with Gasteiger partial charge < -0.3 is 5.32 Å². The fraction of sp³-hybridized carbons (Fsp3) is 0.188. The maximum absolute atomic E-state index is 12.5. The maximum atomic E-state index is 12.5. The van der Waals surface area contributed by atoms with Crippen LogP contribution in [0.25, 0.3) is 11.1 Å². The minimum Gasteiger partial charge on any atom is -0.303 e. The Labute approximate surface area is 106 Å². The second-order valence-electron chi connectivity index (χ2n) is 4.93. The van der Waals surface area contributed by atoms with Gasteiger partial charge in [0.05, 0.1) is 6.04 Å². The van der Waals surface area contributed by atoms with Crippen molar-refractivity contribution in [1.29, 1.82) is 0 Å². The Bertz CT molecular complexity index is 660. The van der Waals surface area contributed by atoms with Crippen LogP contribution in [0.2, 0.25) is 0 Å². The highest BCUT2D eigenvalue weighted by Crippen LogP contribution is 2.41. The molecule has 2 aromatic carbocycles. The molecule has 0 radical (unpaired) electrons. The van der Waals surface area contributed by atoms with Crippen molar-refractivity contribution < 1.29 is 4.79 Å². The van der Waals surface area contributed by atoms with Crippen molar-refractivity contribution >= 4 is 5.78 Å². The topological polar surface area (TPSA) is 29.1 Å². The number of nitrogens with one attached hydrogen (secondary N) is 1. The first-order valence-electron chi connectivity index (χ1n) is 6.35. The summed E-state index contributed by atoms with van der Waals surface area (Å²) in [7, 11) is 0. The highest BCUT2D eigenvalue weighted by atomic mass is 16.1. The molecule has 2 heteroatoms. The van der Waals surface area contributed by atoms with Crippen molar-refractivity contribution in [3.63, 3.8) is 0 Å². The molecule has 88 valence electrons. The van der Waals surface area contributed by atoms with E-state index >= 15 is 0 Å². The van der Waals surface area contributed by atoms with Gasteiger partial charge in [0.1, 0.15) is 0 Å². The molecule has 1 aliphatic heterocycles. The van der Waals surface area contributed by atoms with Crippen LogP contribution < -0.4 is 5.32 Å². The van der Waals surface area contributed by atoms with E-state index in [9.17, 15) is 4.79 Å². The summed E-state index contributed by atoms with van der Waals surface area (Å²) >= 11 is 0. The van der Waals surface area contributed by atoms with E-state index in [2.05, 4.69) is 23.5 Å². The zero-order chi connectivity index (χ0) is 12.1. The minimum atomic E-state index is -0.139. The van der Waals surface area contributed by atoms with E-state index in [4.69, 9.17) is 0 Å². The van der Waals surface area contributed by atoms with E-state index in [1.165, 1.54) is 16.7 Å². The van der Waals surface area contributed by atoms with Crippen LogP contribution in [0.4, 0.5) is 0 Å². The zero-order valence-corrected chi connectivity index (χ0v) is 9.94. The van der Waals surface area contributed by atoms with Gasteiger partial charge in [-0.05, 0) is 28.7 Å². The summed E-state index contributed by atoms with van der Waals surface area (Å²) in [6, 6.07) is 14.2. The number of Topliss-reactive ketones (excluding diaryl/α,β-unsaturated/α-hetero) is 1. The molecule has 0 saturated heterocycles. The molecular weight excluding hydrogens is 222 g/mol. The van der Waals surface area contributed by atoms with Gasteiger partial charge in [0.15, 0.2) is 5.78 Å². The third-order valence-corrected chi connectivity index (χ3v) is 3.97. The normalized spacial score (nSPS) is 20.2. The first kappa shape index (κ1) is 10.0. The number of carbonyl (C=O) groups is 1. The first-order valence-corrected chi connectivity index (χ1v) is 6.35. The summed E-state index contributed by atoms with van der Waals surface area (Å²) in [5.41, 5.74) is 5.67. The Morgan fingerprint density at radius 3 is 2.61 bits per heavy atom. The van der Waals surface area contributed by atoms with E-state index in [0.717, 1.165) is 24.1 Å². The van der Waals surface area contributed by atoms with Gasteiger partial charge in [-0.2, -0.15) is 0 Å². The lowest BCUT2D eigenvalue weighted by atomic mass is 9.77. The van der Waals surface area contributed by atoms with Gasteiger partial charge in [-0.15, -0.1) is 0 Å². The number of rotatable bonds is 0. The minimum absolute atomic E-state index is 0.139. The highest BCUT2D eigenvalue weighted by Gasteiger charge is 2.34. The Kier molecular flexibility index (Phi) is 1.97. The van der Waals surface area contributed by atoms with E-state index in [-0.39, 0.29) is 11.8 Å². The number of hydrogen-bond donors (Lipinski definition) is 1. The summed E-state index contributed by atoms with van der Waals surface area (Å²) in [4.78, 5) is 12.5. The predicted molar refractivity (Wildman–Crippen MR) is 70.7 cm³/mol. The molecule has 0 fully saturated rings. The maximum Gasteiger partial charge on any atom is 0.184 e. The molecule has 2 aliphatic rings. The van der Waals surface area contributed by atoms with Gasteiger partial charge in [0, 0.05) is 12.1 Å². The fourth-order valence-electron chi connectivity index (χ4n) is 3.17. The standard InChI is InChI=1S/C16H13NO/c18-16-13-6-2-1-5-11(13)12-7-3-4-10-8-9-17-15(16)14(10)12/h1-7,15,17H,8-9H2. The third kappa shape index (κ3) is 1.18. The number of fused-ring (bicyclic) bond motifs is 2. The number of carbonyl (C=O) groups excluding carboxylic acids is 1. The van der Waals surface area contributed by atoms with Crippen LogP contribution in [0, 0.1) is 0 Å². The van der Waals surface area contributed by atoms with Crippen LogP contribution in [0.5, 0.6) is 0 Å². The molecule has 0 amide bonds. The second kappa shape index (κ2) is 3.53. The van der Waals surface area contributed by atoms with Crippen LogP contribution in [0.3, 0.4) is 0 Å². The van der Waals surface area contributed by atoms with Crippen LogP contribution in [0.15, 0.2) is 42.5 Å². The molecule has 0 bridgehead atoms. The highest BCUT2D eigenvalue weighted by molar-refractivity contribution is 6.10. The second-order valence-corrected chi connectivity index (χ2v) is 4.93. The van der Waals surface area contributed by atoms with Gasteiger partial charge in [-0.25, -0.2) is 0 Å². The lowest BCUT2D eigenvalue weighted by Crippen LogP contribution is -2.37. The molecule has 4 rings (SSSR count).